The van der Waals surface area contributed by atoms with Gasteiger partial charge in [-0.15, -0.1) is 0 Å². The molecule has 0 saturated carbocycles. The maximum Gasteiger partial charge on any atom is 0.405 e. The second-order valence-electron chi connectivity index (χ2n) is 3.78. The number of nitrogens with one attached hydrogen (secondary N) is 2. The number of anilines is 1. The van der Waals surface area contributed by atoms with Crippen molar-refractivity contribution in [1.29, 1.82) is 5.26 Å². The first-order chi connectivity index (χ1) is 8.90. The summed E-state index contributed by atoms with van der Waals surface area (Å²) in [6, 6.07) is 8.72. The first kappa shape index (κ1) is 14.8. The molecule has 0 spiro atoms. The van der Waals surface area contributed by atoms with Crippen LogP contribution in [0, 0.1) is 11.3 Å². The lowest BCUT2D eigenvalue weighted by atomic mass is 10.1. The van der Waals surface area contributed by atoms with Crippen LogP contribution in [-0.2, 0) is 11.2 Å². The summed E-state index contributed by atoms with van der Waals surface area (Å²) in [6.45, 7) is -1.58. The van der Waals surface area contributed by atoms with Crippen LogP contribution in [0.3, 0.4) is 0 Å². The van der Waals surface area contributed by atoms with Crippen LogP contribution in [0.15, 0.2) is 24.3 Å². The number of amides is 1. The standard InChI is InChI=1S/C12H12F3N3O/c13-12(14,15)8-18-11(19)7-17-10-3-1-9(2-4-10)5-6-16/h1-4,17H,5,7-8H2,(H,18,19). The molecule has 0 unspecified atom stereocenters. The molecule has 0 saturated heterocycles. The van der Waals surface area contributed by atoms with E-state index in [4.69, 9.17) is 5.26 Å². The average molecular weight is 271 g/mol. The van der Waals surface area contributed by atoms with Crippen LogP contribution in [0.2, 0.25) is 0 Å². The number of nitriles is 1. The van der Waals surface area contributed by atoms with Crippen LogP contribution < -0.4 is 10.6 Å². The zero-order chi connectivity index (χ0) is 14.3. The summed E-state index contributed by atoms with van der Waals surface area (Å²) in [6.07, 6.45) is -4.12. The van der Waals surface area contributed by atoms with Crippen LogP contribution >= 0.6 is 0 Å². The molecule has 1 amide bonds. The molecule has 0 aliphatic rings. The molecule has 0 radical (unpaired) electrons. The van der Waals surface area contributed by atoms with Crippen molar-refractivity contribution in [2.24, 2.45) is 0 Å². The highest BCUT2D eigenvalue weighted by Gasteiger charge is 2.27. The number of alkyl halides is 3. The number of rotatable bonds is 5. The molecule has 102 valence electrons. The van der Waals surface area contributed by atoms with Gasteiger partial charge in [-0.2, -0.15) is 18.4 Å². The van der Waals surface area contributed by atoms with E-state index in [1.54, 1.807) is 29.6 Å². The molecule has 0 atom stereocenters. The Morgan fingerprint density at radius 1 is 1.26 bits per heavy atom. The summed E-state index contributed by atoms with van der Waals surface area (Å²) in [5.74, 6) is -0.738. The lowest BCUT2D eigenvalue weighted by molar-refractivity contribution is -0.137. The van der Waals surface area contributed by atoms with Crippen LogP contribution in [0.25, 0.3) is 0 Å². The van der Waals surface area contributed by atoms with E-state index in [1.807, 2.05) is 6.07 Å². The molecule has 0 aliphatic carbocycles. The van der Waals surface area contributed by atoms with E-state index in [0.717, 1.165) is 5.56 Å². The van der Waals surface area contributed by atoms with E-state index >= 15 is 0 Å². The molecule has 1 aromatic carbocycles. The minimum absolute atomic E-state index is 0.242. The van der Waals surface area contributed by atoms with E-state index in [0.29, 0.717) is 5.69 Å². The normalized spacial score (nSPS) is 10.6. The predicted octanol–water partition coefficient (Wildman–Crippen LogP) is 1.84. The number of hydrogen-bond acceptors (Lipinski definition) is 3. The number of carbonyl (C=O) groups excluding carboxylic acids is 1. The van der Waals surface area contributed by atoms with Crippen molar-refractivity contribution in [1.82, 2.24) is 5.32 Å². The monoisotopic (exact) mass is 271 g/mol. The van der Waals surface area contributed by atoms with Gasteiger partial charge >= 0.3 is 6.18 Å². The number of carbonyl (C=O) groups is 1. The highest BCUT2D eigenvalue weighted by Crippen LogP contribution is 2.12. The van der Waals surface area contributed by atoms with Gasteiger partial charge in [0.25, 0.3) is 0 Å². The highest BCUT2D eigenvalue weighted by molar-refractivity contribution is 5.80. The molecule has 19 heavy (non-hydrogen) atoms. The Kier molecular flexibility index (Phi) is 5.18. The third-order valence-electron chi connectivity index (χ3n) is 2.18. The van der Waals surface area contributed by atoms with E-state index in [9.17, 15) is 18.0 Å². The Morgan fingerprint density at radius 2 is 1.89 bits per heavy atom. The molecule has 0 fully saturated rings. The molecule has 0 aromatic heterocycles. The maximum absolute atomic E-state index is 11.8. The number of nitrogens with zero attached hydrogens (tertiary/aromatic N) is 1. The van der Waals surface area contributed by atoms with Gasteiger partial charge in [0, 0.05) is 5.69 Å². The fraction of sp³-hybridized carbons (Fsp3) is 0.333. The van der Waals surface area contributed by atoms with E-state index < -0.39 is 18.6 Å². The fourth-order valence-corrected chi connectivity index (χ4v) is 1.28. The number of hydrogen-bond donors (Lipinski definition) is 2. The van der Waals surface area contributed by atoms with E-state index in [-0.39, 0.29) is 13.0 Å². The van der Waals surface area contributed by atoms with Gasteiger partial charge in [-0.25, -0.2) is 0 Å². The SMILES string of the molecule is N#CCc1ccc(NCC(=O)NCC(F)(F)F)cc1. The van der Waals surface area contributed by atoms with Crippen molar-refractivity contribution in [2.45, 2.75) is 12.6 Å². The second-order valence-corrected chi connectivity index (χ2v) is 3.78. The molecule has 4 nitrogen and oxygen atoms in total. The van der Waals surface area contributed by atoms with Gasteiger partial charge in [-0.3, -0.25) is 4.79 Å². The summed E-state index contributed by atoms with van der Waals surface area (Å²) in [4.78, 5) is 11.1. The Labute approximate surface area is 108 Å². The zero-order valence-corrected chi connectivity index (χ0v) is 9.92. The molecule has 2 N–H and O–H groups in total. The molecule has 0 aliphatic heterocycles. The van der Waals surface area contributed by atoms with Gasteiger partial charge < -0.3 is 10.6 Å². The van der Waals surface area contributed by atoms with Crippen molar-refractivity contribution >= 4 is 11.6 Å². The van der Waals surface area contributed by atoms with E-state index in [1.165, 1.54) is 0 Å². The predicted molar refractivity (Wildman–Crippen MR) is 63.3 cm³/mol. The lowest BCUT2D eigenvalue weighted by Gasteiger charge is -2.09. The minimum atomic E-state index is -4.41. The van der Waals surface area contributed by atoms with Crippen LogP contribution in [0.4, 0.5) is 18.9 Å². The van der Waals surface area contributed by atoms with Gasteiger partial charge in [0.05, 0.1) is 19.0 Å². The Balaban J connectivity index is 2.36. The van der Waals surface area contributed by atoms with Crippen LogP contribution in [0.5, 0.6) is 0 Å². The molecule has 0 heterocycles. The van der Waals surface area contributed by atoms with Crippen molar-refractivity contribution in [3.63, 3.8) is 0 Å². The molecule has 1 rings (SSSR count). The first-order valence-electron chi connectivity index (χ1n) is 5.44. The topological polar surface area (TPSA) is 64.9 Å². The molecule has 7 heteroatoms. The summed E-state index contributed by atoms with van der Waals surface area (Å²) in [5, 5.41) is 12.9. The Bertz CT molecular complexity index is 463. The quantitative estimate of drug-likeness (QED) is 0.858. The minimum Gasteiger partial charge on any atom is -0.376 e. The molecular formula is C12H12F3N3O. The summed E-state index contributed by atoms with van der Waals surface area (Å²) in [5.41, 5.74) is 1.43. The third kappa shape index (κ3) is 6.31. The van der Waals surface area contributed by atoms with Gasteiger partial charge in [-0.1, -0.05) is 12.1 Å². The molecule has 0 bridgehead atoms. The number of halogens is 3. The summed E-state index contributed by atoms with van der Waals surface area (Å²) in [7, 11) is 0. The van der Waals surface area contributed by atoms with Gasteiger partial charge in [0.1, 0.15) is 6.54 Å². The van der Waals surface area contributed by atoms with Gasteiger partial charge in [0.15, 0.2) is 0 Å². The maximum atomic E-state index is 11.8. The third-order valence-corrected chi connectivity index (χ3v) is 2.18. The summed E-state index contributed by atoms with van der Waals surface area (Å²) < 4.78 is 35.5. The average Bonchev–Trinajstić information content (AvgIpc) is 2.35. The van der Waals surface area contributed by atoms with Crippen molar-refractivity contribution in [2.75, 3.05) is 18.4 Å². The fourth-order valence-electron chi connectivity index (χ4n) is 1.28. The Hall–Kier alpha value is -2.23. The Morgan fingerprint density at radius 3 is 2.42 bits per heavy atom. The zero-order valence-electron chi connectivity index (χ0n) is 9.92. The van der Waals surface area contributed by atoms with Crippen molar-refractivity contribution in [3.05, 3.63) is 29.8 Å². The first-order valence-corrected chi connectivity index (χ1v) is 5.44. The highest BCUT2D eigenvalue weighted by atomic mass is 19.4. The van der Waals surface area contributed by atoms with Gasteiger partial charge in [0.2, 0.25) is 5.91 Å². The second kappa shape index (κ2) is 6.64. The van der Waals surface area contributed by atoms with Crippen molar-refractivity contribution in [3.8, 4) is 6.07 Å². The molecular weight excluding hydrogens is 259 g/mol. The largest absolute Gasteiger partial charge is 0.405 e. The smallest absolute Gasteiger partial charge is 0.376 e. The van der Waals surface area contributed by atoms with Crippen LogP contribution in [0.1, 0.15) is 5.56 Å². The van der Waals surface area contributed by atoms with Crippen LogP contribution in [-0.4, -0.2) is 25.2 Å². The lowest BCUT2D eigenvalue weighted by Crippen LogP contribution is -2.37. The summed E-state index contributed by atoms with van der Waals surface area (Å²) >= 11 is 0. The number of benzene rings is 1. The van der Waals surface area contributed by atoms with Gasteiger partial charge in [-0.05, 0) is 17.7 Å². The van der Waals surface area contributed by atoms with Crippen molar-refractivity contribution < 1.29 is 18.0 Å². The van der Waals surface area contributed by atoms with E-state index in [2.05, 4.69) is 5.32 Å². The molecule has 1 aromatic rings.